The summed E-state index contributed by atoms with van der Waals surface area (Å²) in [6.45, 7) is 2.67. The molecule has 0 aliphatic carbocycles. The van der Waals surface area contributed by atoms with Crippen LogP contribution in [0, 0.1) is 0 Å². The first kappa shape index (κ1) is 15.8. The largest absolute Gasteiger partial charge is 0.341 e. The number of sulfone groups is 1. The second-order valence-electron chi connectivity index (χ2n) is 4.76. The highest BCUT2D eigenvalue weighted by molar-refractivity contribution is 8.00. The van der Waals surface area contributed by atoms with Crippen molar-refractivity contribution in [3.63, 3.8) is 0 Å². The standard InChI is InChI=1S/C11H22N2O3S2/c1-9(3-5-12)17-7-11(14)13(2)10-4-6-18(15,16)8-10/h9-10H,3-8,12H2,1-2H3. The SMILES string of the molecule is CC(CCN)SCC(=O)N(C)C1CCS(=O)(=O)C1. The lowest BCUT2D eigenvalue weighted by atomic mass is 10.2. The molecule has 2 N–H and O–H groups in total. The van der Waals surface area contributed by atoms with Crippen molar-refractivity contribution in [2.24, 2.45) is 5.73 Å². The molecular formula is C11H22N2O3S2. The van der Waals surface area contributed by atoms with Crippen molar-refractivity contribution in [2.45, 2.75) is 31.1 Å². The molecule has 1 amide bonds. The number of nitrogens with two attached hydrogens (primary N) is 1. The van der Waals surface area contributed by atoms with Gasteiger partial charge in [0.2, 0.25) is 5.91 Å². The minimum absolute atomic E-state index is 0.00553. The molecule has 106 valence electrons. The lowest BCUT2D eigenvalue weighted by molar-refractivity contribution is -0.128. The van der Waals surface area contributed by atoms with Crippen molar-refractivity contribution in [1.82, 2.24) is 4.90 Å². The maximum Gasteiger partial charge on any atom is 0.232 e. The third kappa shape index (κ3) is 4.78. The van der Waals surface area contributed by atoms with Gasteiger partial charge in [-0.25, -0.2) is 8.42 Å². The van der Waals surface area contributed by atoms with E-state index in [1.54, 1.807) is 23.7 Å². The molecule has 1 rings (SSSR count). The molecule has 0 saturated carbocycles. The fourth-order valence-electron chi connectivity index (χ4n) is 1.92. The van der Waals surface area contributed by atoms with Crippen molar-refractivity contribution in [1.29, 1.82) is 0 Å². The average Bonchev–Trinajstić information content (AvgIpc) is 2.66. The van der Waals surface area contributed by atoms with Crippen LogP contribution in [0.3, 0.4) is 0 Å². The third-order valence-electron chi connectivity index (χ3n) is 3.21. The molecule has 1 aliphatic rings. The van der Waals surface area contributed by atoms with Crippen LogP contribution < -0.4 is 5.73 Å². The van der Waals surface area contributed by atoms with Crippen LogP contribution in [0.25, 0.3) is 0 Å². The lowest BCUT2D eigenvalue weighted by Crippen LogP contribution is -2.39. The molecule has 0 spiro atoms. The van der Waals surface area contributed by atoms with Crippen molar-refractivity contribution in [3.05, 3.63) is 0 Å². The molecule has 1 saturated heterocycles. The van der Waals surface area contributed by atoms with E-state index in [9.17, 15) is 13.2 Å². The highest BCUT2D eigenvalue weighted by atomic mass is 32.2. The van der Waals surface area contributed by atoms with Crippen molar-refractivity contribution in [3.8, 4) is 0 Å². The monoisotopic (exact) mass is 294 g/mol. The first-order valence-corrected chi connectivity index (χ1v) is 9.00. The van der Waals surface area contributed by atoms with Crippen LogP contribution in [-0.4, -0.2) is 61.4 Å². The molecule has 18 heavy (non-hydrogen) atoms. The van der Waals surface area contributed by atoms with Gasteiger partial charge in [0.15, 0.2) is 9.84 Å². The van der Waals surface area contributed by atoms with Crippen LogP contribution >= 0.6 is 11.8 Å². The van der Waals surface area contributed by atoms with Gasteiger partial charge in [-0.3, -0.25) is 4.79 Å². The first-order chi connectivity index (χ1) is 8.35. The second kappa shape index (κ2) is 6.77. The Morgan fingerprint density at radius 2 is 2.22 bits per heavy atom. The Balaban J connectivity index is 2.38. The van der Waals surface area contributed by atoms with Gasteiger partial charge in [0, 0.05) is 18.3 Å². The van der Waals surface area contributed by atoms with Crippen molar-refractivity contribution < 1.29 is 13.2 Å². The Morgan fingerprint density at radius 3 is 2.72 bits per heavy atom. The van der Waals surface area contributed by atoms with Crippen molar-refractivity contribution in [2.75, 3.05) is 30.9 Å². The van der Waals surface area contributed by atoms with E-state index in [4.69, 9.17) is 5.73 Å². The lowest BCUT2D eigenvalue weighted by Gasteiger charge is -2.23. The molecule has 1 aliphatic heterocycles. The molecular weight excluding hydrogens is 272 g/mol. The number of thioether (sulfide) groups is 1. The maximum atomic E-state index is 11.9. The number of rotatable bonds is 6. The predicted octanol–water partition coefficient (Wildman–Crippen LogP) is 0.102. The van der Waals surface area contributed by atoms with Gasteiger partial charge in [0.1, 0.15) is 0 Å². The summed E-state index contributed by atoms with van der Waals surface area (Å²) in [7, 11) is -1.23. The summed E-state index contributed by atoms with van der Waals surface area (Å²) in [6.07, 6.45) is 1.45. The minimum atomic E-state index is -2.93. The summed E-state index contributed by atoms with van der Waals surface area (Å²) in [4.78, 5) is 13.5. The maximum absolute atomic E-state index is 11.9. The Labute approximate surface area is 113 Å². The topological polar surface area (TPSA) is 80.5 Å². The normalized spacial score (nSPS) is 23.8. The van der Waals surface area contributed by atoms with E-state index in [0.717, 1.165) is 6.42 Å². The summed E-state index contributed by atoms with van der Waals surface area (Å²) in [6, 6.07) is -0.145. The zero-order valence-corrected chi connectivity index (χ0v) is 12.6. The van der Waals surface area contributed by atoms with E-state index in [1.165, 1.54) is 0 Å². The summed E-state index contributed by atoms with van der Waals surface area (Å²) < 4.78 is 22.7. The van der Waals surface area contributed by atoms with Crippen LogP contribution in [0.2, 0.25) is 0 Å². The molecule has 0 aromatic carbocycles. The van der Waals surface area contributed by atoms with Gasteiger partial charge in [0.25, 0.3) is 0 Å². The van der Waals surface area contributed by atoms with E-state index in [1.807, 2.05) is 6.92 Å². The summed E-state index contributed by atoms with van der Waals surface area (Å²) >= 11 is 1.58. The summed E-state index contributed by atoms with van der Waals surface area (Å²) in [5.41, 5.74) is 5.45. The van der Waals surface area contributed by atoms with Crippen LogP contribution in [0.15, 0.2) is 0 Å². The van der Waals surface area contributed by atoms with Crippen LogP contribution in [-0.2, 0) is 14.6 Å². The smallest absolute Gasteiger partial charge is 0.232 e. The molecule has 0 bridgehead atoms. The fourth-order valence-corrected chi connectivity index (χ4v) is 4.63. The van der Waals surface area contributed by atoms with Crippen LogP contribution in [0.1, 0.15) is 19.8 Å². The molecule has 1 fully saturated rings. The van der Waals surface area contributed by atoms with E-state index < -0.39 is 9.84 Å². The minimum Gasteiger partial charge on any atom is -0.341 e. The van der Waals surface area contributed by atoms with Gasteiger partial charge in [-0.05, 0) is 19.4 Å². The fraction of sp³-hybridized carbons (Fsp3) is 0.909. The number of amides is 1. The number of carbonyl (C=O) groups excluding carboxylic acids is 1. The van der Waals surface area contributed by atoms with Gasteiger partial charge in [-0.15, -0.1) is 11.8 Å². The number of nitrogens with zero attached hydrogens (tertiary/aromatic N) is 1. The van der Waals surface area contributed by atoms with Gasteiger partial charge in [-0.2, -0.15) is 0 Å². The molecule has 2 atom stereocenters. The number of hydrogen-bond donors (Lipinski definition) is 1. The second-order valence-corrected chi connectivity index (χ2v) is 8.42. The quantitative estimate of drug-likeness (QED) is 0.751. The highest BCUT2D eigenvalue weighted by Crippen LogP contribution is 2.19. The molecule has 2 unspecified atom stereocenters. The van der Waals surface area contributed by atoms with E-state index in [2.05, 4.69) is 0 Å². The molecule has 7 heteroatoms. The molecule has 0 aromatic rings. The Hall–Kier alpha value is -0.270. The van der Waals surface area contributed by atoms with E-state index in [-0.39, 0.29) is 23.5 Å². The summed E-state index contributed by atoms with van der Waals surface area (Å²) in [5.74, 6) is 0.712. The van der Waals surface area contributed by atoms with Gasteiger partial charge in [-0.1, -0.05) is 6.92 Å². The van der Waals surface area contributed by atoms with Gasteiger partial charge >= 0.3 is 0 Å². The van der Waals surface area contributed by atoms with E-state index >= 15 is 0 Å². The van der Waals surface area contributed by atoms with Crippen molar-refractivity contribution >= 4 is 27.5 Å². The molecule has 0 aromatic heterocycles. The zero-order chi connectivity index (χ0) is 13.8. The summed E-state index contributed by atoms with van der Waals surface area (Å²) in [5, 5.41) is 0.361. The van der Waals surface area contributed by atoms with Gasteiger partial charge in [0.05, 0.1) is 17.3 Å². The Morgan fingerprint density at radius 1 is 1.56 bits per heavy atom. The zero-order valence-electron chi connectivity index (χ0n) is 11.0. The van der Waals surface area contributed by atoms with Crippen LogP contribution in [0.4, 0.5) is 0 Å². The highest BCUT2D eigenvalue weighted by Gasteiger charge is 2.32. The third-order valence-corrected chi connectivity index (χ3v) is 6.18. The average molecular weight is 294 g/mol. The molecule has 0 radical (unpaired) electrons. The molecule has 5 nitrogen and oxygen atoms in total. The van der Waals surface area contributed by atoms with E-state index in [0.29, 0.717) is 24.0 Å². The molecule has 1 heterocycles. The predicted molar refractivity (Wildman–Crippen MR) is 75.4 cm³/mol. The Kier molecular flexibility index (Phi) is 5.94. The van der Waals surface area contributed by atoms with Gasteiger partial charge < -0.3 is 10.6 Å². The number of hydrogen-bond acceptors (Lipinski definition) is 5. The number of carbonyl (C=O) groups is 1. The Bertz CT molecular complexity index is 384. The first-order valence-electron chi connectivity index (χ1n) is 6.13. The van der Waals surface area contributed by atoms with Crippen LogP contribution in [0.5, 0.6) is 0 Å².